The molecule has 1 N–H and O–H groups in total. The van der Waals surface area contributed by atoms with E-state index in [9.17, 15) is 0 Å². The Morgan fingerprint density at radius 2 is 2.00 bits per heavy atom. The molecule has 0 aliphatic carbocycles. The fourth-order valence-electron chi connectivity index (χ4n) is 0.986. The van der Waals surface area contributed by atoms with E-state index in [1.165, 1.54) is 0 Å². The Hall–Kier alpha value is -1.77. The standard InChI is InChI=1S/C9H7N2O/c12-9-3-1-8(2-4-9)11-6-5-10-7-11/h1-6,12H. The summed E-state index contributed by atoms with van der Waals surface area (Å²) in [4.78, 5) is 3.80. The highest BCUT2D eigenvalue weighted by atomic mass is 16.3. The van der Waals surface area contributed by atoms with Crippen LogP contribution in [-0.2, 0) is 0 Å². The molecule has 0 amide bonds. The number of hydrogen-bond acceptors (Lipinski definition) is 2. The molecule has 2 rings (SSSR count). The summed E-state index contributed by atoms with van der Waals surface area (Å²) in [7, 11) is 0. The van der Waals surface area contributed by atoms with Gasteiger partial charge in [-0.1, -0.05) is 0 Å². The second kappa shape index (κ2) is 2.70. The number of hydrogen-bond donors (Lipinski definition) is 1. The third-order valence-electron chi connectivity index (χ3n) is 1.58. The van der Waals surface area contributed by atoms with Gasteiger partial charge in [-0.05, 0) is 24.3 Å². The first-order valence-electron chi connectivity index (χ1n) is 3.57. The van der Waals surface area contributed by atoms with E-state index in [1.807, 2.05) is 0 Å². The van der Waals surface area contributed by atoms with Gasteiger partial charge in [0.15, 0.2) is 6.33 Å². The minimum Gasteiger partial charge on any atom is -0.508 e. The molecule has 1 radical (unpaired) electrons. The normalized spacial score (nSPS) is 10.0. The summed E-state index contributed by atoms with van der Waals surface area (Å²) in [5.41, 5.74) is 0.935. The molecular formula is C9H7N2O. The van der Waals surface area contributed by atoms with Crippen LogP contribution in [0.1, 0.15) is 0 Å². The van der Waals surface area contributed by atoms with E-state index >= 15 is 0 Å². The molecule has 0 saturated carbocycles. The highest BCUT2D eigenvalue weighted by Gasteiger charge is 1.94. The highest BCUT2D eigenvalue weighted by molar-refractivity contribution is 5.36. The van der Waals surface area contributed by atoms with Crippen LogP contribution in [0.25, 0.3) is 5.69 Å². The van der Waals surface area contributed by atoms with Crippen molar-refractivity contribution in [3.8, 4) is 11.4 Å². The molecule has 3 nitrogen and oxygen atoms in total. The second-order valence-electron chi connectivity index (χ2n) is 2.41. The van der Waals surface area contributed by atoms with E-state index in [4.69, 9.17) is 5.11 Å². The van der Waals surface area contributed by atoms with Gasteiger partial charge >= 0.3 is 0 Å². The number of imidazole rings is 1. The van der Waals surface area contributed by atoms with E-state index in [1.54, 1.807) is 41.2 Å². The van der Waals surface area contributed by atoms with Crippen LogP contribution in [0.15, 0.2) is 36.7 Å². The minimum atomic E-state index is 0.263. The molecule has 0 unspecified atom stereocenters. The minimum absolute atomic E-state index is 0.263. The molecule has 0 aliphatic heterocycles. The van der Waals surface area contributed by atoms with Gasteiger partial charge in [-0.15, -0.1) is 0 Å². The number of benzene rings is 1. The van der Waals surface area contributed by atoms with Crippen molar-refractivity contribution in [2.24, 2.45) is 0 Å². The Balaban J connectivity index is 2.43. The second-order valence-corrected chi connectivity index (χ2v) is 2.41. The lowest BCUT2D eigenvalue weighted by Gasteiger charge is -1.99. The Kier molecular flexibility index (Phi) is 1.55. The largest absolute Gasteiger partial charge is 0.508 e. The van der Waals surface area contributed by atoms with E-state index < -0.39 is 0 Å². The smallest absolute Gasteiger partial charge is 0.181 e. The number of nitrogens with zero attached hydrogens (tertiary/aromatic N) is 2. The first-order chi connectivity index (χ1) is 5.86. The molecule has 59 valence electrons. The van der Waals surface area contributed by atoms with Crippen LogP contribution in [0.2, 0.25) is 0 Å². The topological polar surface area (TPSA) is 38.0 Å². The maximum absolute atomic E-state index is 9.02. The number of aromatic hydroxyl groups is 1. The van der Waals surface area contributed by atoms with Gasteiger partial charge < -0.3 is 5.11 Å². The Labute approximate surface area is 69.9 Å². The third kappa shape index (κ3) is 1.16. The molecule has 0 spiro atoms. The first-order valence-corrected chi connectivity index (χ1v) is 3.57. The molecule has 1 aromatic carbocycles. The predicted molar refractivity (Wildman–Crippen MR) is 44.1 cm³/mol. The van der Waals surface area contributed by atoms with Gasteiger partial charge in [0.1, 0.15) is 5.75 Å². The zero-order valence-corrected chi connectivity index (χ0v) is 6.31. The van der Waals surface area contributed by atoms with Crippen molar-refractivity contribution in [1.82, 2.24) is 9.55 Å². The average Bonchev–Trinajstić information content (AvgIpc) is 2.58. The predicted octanol–water partition coefficient (Wildman–Crippen LogP) is 1.38. The number of aromatic nitrogens is 2. The van der Waals surface area contributed by atoms with Crippen LogP contribution in [0, 0.1) is 6.33 Å². The van der Waals surface area contributed by atoms with Crippen molar-refractivity contribution in [2.45, 2.75) is 0 Å². The molecule has 0 fully saturated rings. The van der Waals surface area contributed by atoms with E-state index in [0.717, 1.165) is 5.69 Å². The van der Waals surface area contributed by atoms with Gasteiger partial charge in [0.05, 0.1) is 0 Å². The van der Waals surface area contributed by atoms with Crippen molar-refractivity contribution in [3.63, 3.8) is 0 Å². The van der Waals surface area contributed by atoms with Gasteiger partial charge in [-0.3, -0.25) is 4.57 Å². The third-order valence-corrected chi connectivity index (χ3v) is 1.58. The monoisotopic (exact) mass is 159 g/mol. The number of phenols is 1. The highest BCUT2D eigenvalue weighted by Crippen LogP contribution is 2.12. The van der Waals surface area contributed by atoms with Crippen molar-refractivity contribution in [2.75, 3.05) is 0 Å². The molecular weight excluding hydrogens is 152 g/mol. The Bertz CT molecular complexity index is 351. The quantitative estimate of drug-likeness (QED) is 0.682. The summed E-state index contributed by atoms with van der Waals surface area (Å²) < 4.78 is 1.75. The van der Waals surface area contributed by atoms with Crippen molar-refractivity contribution in [3.05, 3.63) is 43.0 Å². The summed E-state index contributed by atoms with van der Waals surface area (Å²) in [6.07, 6.45) is 6.22. The summed E-state index contributed by atoms with van der Waals surface area (Å²) in [6.45, 7) is 0. The van der Waals surface area contributed by atoms with E-state index in [-0.39, 0.29) is 5.75 Å². The molecule has 12 heavy (non-hydrogen) atoms. The van der Waals surface area contributed by atoms with Crippen LogP contribution in [0.5, 0.6) is 5.75 Å². The molecule has 0 aliphatic rings. The van der Waals surface area contributed by atoms with Crippen LogP contribution in [0.4, 0.5) is 0 Å². The number of phenolic OH excluding ortho intramolecular Hbond substituents is 1. The van der Waals surface area contributed by atoms with Crippen molar-refractivity contribution < 1.29 is 5.11 Å². The lowest BCUT2D eigenvalue weighted by atomic mass is 10.3. The summed E-state index contributed by atoms with van der Waals surface area (Å²) in [5.74, 6) is 0.263. The average molecular weight is 159 g/mol. The zero-order chi connectivity index (χ0) is 8.39. The maximum Gasteiger partial charge on any atom is 0.181 e. The zero-order valence-electron chi connectivity index (χ0n) is 6.31. The fourth-order valence-corrected chi connectivity index (χ4v) is 0.986. The molecule has 1 heterocycles. The van der Waals surface area contributed by atoms with Crippen molar-refractivity contribution >= 4 is 0 Å². The fraction of sp³-hybridized carbons (Fsp3) is 0. The van der Waals surface area contributed by atoms with Gasteiger partial charge in [-0.25, -0.2) is 4.98 Å². The van der Waals surface area contributed by atoms with Crippen molar-refractivity contribution in [1.29, 1.82) is 0 Å². The van der Waals surface area contributed by atoms with Crippen LogP contribution in [0.3, 0.4) is 0 Å². The maximum atomic E-state index is 9.02. The molecule has 0 atom stereocenters. The first kappa shape index (κ1) is 6.91. The summed E-state index contributed by atoms with van der Waals surface area (Å²) in [6, 6.07) is 6.85. The molecule has 0 bridgehead atoms. The summed E-state index contributed by atoms with van der Waals surface area (Å²) >= 11 is 0. The van der Waals surface area contributed by atoms with Gasteiger partial charge in [-0.2, -0.15) is 0 Å². The van der Waals surface area contributed by atoms with Gasteiger partial charge in [0.25, 0.3) is 0 Å². The SMILES string of the molecule is Oc1ccc(-n2[c]ncc2)cc1. The molecule has 1 aromatic heterocycles. The Morgan fingerprint density at radius 1 is 1.25 bits per heavy atom. The lowest BCUT2D eigenvalue weighted by Crippen LogP contribution is -1.88. The molecule has 2 aromatic rings. The summed E-state index contributed by atoms with van der Waals surface area (Å²) in [5, 5.41) is 9.02. The van der Waals surface area contributed by atoms with Crippen LogP contribution >= 0.6 is 0 Å². The van der Waals surface area contributed by atoms with Crippen LogP contribution < -0.4 is 0 Å². The van der Waals surface area contributed by atoms with Gasteiger partial charge in [0, 0.05) is 18.1 Å². The lowest BCUT2D eigenvalue weighted by molar-refractivity contribution is 0.475. The molecule has 0 saturated heterocycles. The van der Waals surface area contributed by atoms with E-state index in [0.29, 0.717) is 0 Å². The number of rotatable bonds is 1. The molecule has 3 heteroatoms. The van der Waals surface area contributed by atoms with Gasteiger partial charge in [0.2, 0.25) is 0 Å². The van der Waals surface area contributed by atoms with Crippen LogP contribution in [-0.4, -0.2) is 14.7 Å². The van der Waals surface area contributed by atoms with E-state index in [2.05, 4.69) is 11.3 Å². The Morgan fingerprint density at radius 3 is 2.58 bits per heavy atom.